The number of para-hydroxylation sites is 1. The molecule has 5 aromatic rings. The van der Waals surface area contributed by atoms with Crippen LogP contribution in [-0.2, 0) is 20.1 Å². The number of piperidine rings is 1. The van der Waals surface area contributed by atoms with Gasteiger partial charge < -0.3 is 15.2 Å². The first-order valence-electron chi connectivity index (χ1n) is 12.9. The van der Waals surface area contributed by atoms with Crippen molar-refractivity contribution in [2.45, 2.75) is 45.8 Å². The SMILES string of the molecule is CCn1c(N2CCCC(N)C2)nc2c1c(=O)n(Cc1nc3ccccc3c3ccc(C)cc13)c(=O)n2C. The number of aromatic nitrogens is 5. The Hall–Kier alpha value is -3.98. The van der Waals surface area contributed by atoms with E-state index in [0.717, 1.165) is 46.6 Å². The Kier molecular flexibility index (Phi) is 5.60. The number of aryl methyl sites for hydroxylation is 3. The predicted molar refractivity (Wildman–Crippen MR) is 147 cm³/mol. The second kappa shape index (κ2) is 8.85. The lowest BCUT2D eigenvalue weighted by molar-refractivity contribution is 0.494. The molecule has 4 heterocycles. The van der Waals surface area contributed by atoms with Crippen molar-refractivity contribution in [1.29, 1.82) is 0 Å². The minimum absolute atomic E-state index is 0.0649. The van der Waals surface area contributed by atoms with Crippen LogP contribution >= 0.6 is 0 Å². The van der Waals surface area contributed by atoms with Crippen molar-refractivity contribution in [3.63, 3.8) is 0 Å². The Balaban J connectivity index is 1.57. The number of hydrogen-bond donors (Lipinski definition) is 1. The maximum Gasteiger partial charge on any atom is 0.332 e. The highest BCUT2D eigenvalue weighted by Crippen LogP contribution is 2.28. The Morgan fingerprint density at radius 2 is 1.84 bits per heavy atom. The van der Waals surface area contributed by atoms with Gasteiger partial charge in [0.15, 0.2) is 11.2 Å². The van der Waals surface area contributed by atoms with Crippen LogP contribution in [0, 0.1) is 6.92 Å². The van der Waals surface area contributed by atoms with Crippen LogP contribution in [0.2, 0.25) is 0 Å². The van der Waals surface area contributed by atoms with E-state index in [-0.39, 0.29) is 18.1 Å². The van der Waals surface area contributed by atoms with Crippen molar-refractivity contribution >= 4 is 38.8 Å². The fourth-order valence-electron chi connectivity index (χ4n) is 5.64. The molecule has 1 saturated heterocycles. The van der Waals surface area contributed by atoms with Crippen molar-refractivity contribution < 1.29 is 0 Å². The number of nitrogens with two attached hydrogens (primary N) is 1. The summed E-state index contributed by atoms with van der Waals surface area (Å²) in [5, 5.41) is 3.05. The van der Waals surface area contributed by atoms with Gasteiger partial charge in [-0.05, 0) is 44.2 Å². The van der Waals surface area contributed by atoms with Crippen molar-refractivity contribution in [1.82, 2.24) is 23.7 Å². The van der Waals surface area contributed by atoms with Crippen LogP contribution in [0.25, 0.3) is 32.8 Å². The van der Waals surface area contributed by atoms with E-state index >= 15 is 0 Å². The van der Waals surface area contributed by atoms with Gasteiger partial charge in [-0.3, -0.25) is 18.9 Å². The molecule has 0 spiro atoms. The van der Waals surface area contributed by atoms with Crippen LogP contribution in [0.4, 0.5) is 5.95 Å². The number of imidazole rings is 1. The van der Waals surface area contributed by atoms with Gasteiger partial charge in [-0.1, -0.05) is 35.9 Å². The molecule has 1 atom stereocenters. The standard InChI is InChI=1S/C28H31N7O2/c1-4-34-24-25(31-27(34)33-13-7-8-18(29)15-33)32(3)28(37)35(26(24)36)16-23-21-14-17(2)11-12-19(21)20-9-5-6-10-22(20)30-23/h5-6,9-12,14,18H,4,7-8,13,15-16,29H2,1-3H3. The third kappa shape index (κ3) is 3.72. The molecule has 1 aliphatic heterocycles. The van der Waals surface area contributed by atoms with Gasteiger partial charge in [-0.25, -0.2) is 4.79 Å². The maximum absolute atomic E-state index is 13.9. The second-order valence-electron chi connectivity index (χ2n) is 10.0. The summed E-state index contributed by atoms with van der Waals surface area (Å²) < 4.78 is 4.69. The summed E-state index contributed by atoms with van der Waals surface area (Å²) in [5.74, 6) is 0.697. The lowest BCUT2D eigenvalue weighted by atomic mass is 10.0. The summed E-state index contributed by atoms with van der Waals surface area (Å²) in [6.07, 6.45) is 1.94. The summed E-state index contributed by atoms with van der Waals surface area (Å²) in [7, 11) is 1.68. The molecule has 1 aliphatic rings. The Bertz CT molecular complexity index is 1800. The quantitative estimate of drug-likeness (QED) is 0.383. The van der Waals surface area contributed by atoms with Crippen LogP contribution in [-0.4, -0.2) is 42.8 Å². The van der Waals surface area contributed by atoms with E-state index in [0.29, 0.717) is 35.9 Å². The normalized spacial score (nSPS) is 16.3. The first kappa shape index (κ1) is 23.4. The molecular formula is C28H31N7O2. The molecule has 1 fully saturated rings. The number of pyridine rings is 1. The average molecular weight is 498 g/mol. The van der Waals surface area contributed by atoms with Crippen LogP contribution in [0.5, 0.6) is 0 Å². The number of nitrogens with zero attached hydrogens (tertiary/aromatic N) is 6. The minimum Gasteiger partial charge on any atom is -0.341 e. The highest BCUT2D eigenvalue weighted by atomic mass is 16.2. The second-order valence-corrected chi connectivity index (χ2v) is 10.0. The average Bonchev–Trinajstić information content (AvgIpc) is 3.30. The largest absolute Gasteiger partial charge is 0.341 e. The molecular weight excluding hydrogens is 466 g/mol. The number of rotatable bonds is 4. The number of benzene rings is 2. The molecule has 190 valence electrons. The molecule has 6 rings (SSSR count). The zero-order valence-corrected chi connectivity index (χ0v) is 21.4. The van der Waals surface area contributed by atoms with Crippen molar-refractivity contribution in [2.75, 3.05) is 18.0 Å². The van der Waals surface area contributed by atoms with E-state index < -0.39 is 5.69 Å². The molecule has 0 radical (unpaired) electrons. The lowest BCUT2D eigenvalue weighted by Crippen LogP contribution is -2.44. The van der Waals surface area contributed by atoms with Crippen LogP contribution in [0.1, 0.15) is 31.0 Å². The van der Waals surface area contributed by atoms with Crippen LogP contribution < -0.4 is 21.9 Å². The smallest absolute Gasteiger partial charge is 0.332 e. The van der Waals surface area contributed by atoms with Gasteiger partial charge in [0.25, 0.3) is 5.56 Å². The van der Waals surface area contributed by atoms with Crippen molar-refractivity contribution in [3.8, 4) is 0 Å². The Morgan fingerprint density at radius 3 is 2.62 bits per heavy atom. The van der Waals surface area contributed by atoms with Gasteiger partial charge in [-0.2, -0.15) is 4.98 Å². The third-order valence-corrected chi connectivity index (χ3v) is 7.51. The highest BCUT2D eigenvalue weighted by Gasteiger charge is 2.26. The maximum atomic E-state index is 13.9. The molecule has 0 aliphatic carbocycles. The van der Waals surface area contributed by atoms with Gasteiger partial charge in [0.05, 0.1) is 17.8 Å². The van der Waals surface area contributed by atoms with Gasteiger partial charge in [0.2, 0.25) is 5.95 Å². The first-order chi connectivity index (χ1) is 17.9. The summed E-state index contributed by atoms with van der Waals surface area (Å²) in [4.78, 5) is 39.3. The molecule has 1 unspecified atom stereocenters. The fourth-order valence-corrected chi connectivity index (χ4v) is 5.64. The zero-order valence-electron chi connectivity index (χ0n) is 21.4. The van der Waals surface area contributed by atoms with Crippen molar-refractivity contribution in [2.24, 2.45) is 12.8 Å². The van der Waals surface area contributed by atoms with Gasteiger partial charge in [-0.15, -0.1) is 0 Å². The van der Waals surface area contributed by atoms with Crippen LogP contribution in [0.15, 0.2) is 52.1 Å². The first-order valence-corrected chi connectivity index (χ1v) is 12.9. The molecule has 9 heteroatoms. The van der Waals surface area contributed by atoms with E-state index in [1.165, 1.54) is 9.13 Å². The van der Waals surface area contributed by atoms with E-state index in [1.54, 1.807) is 7.05 Å². The van der Waals surface area contributed by atoms with Crippen molar-refractivity contribution in [3.05, 3.63) is 74.6 Å². The minimum atomic E-state index is -0.407. The monoisotopic (exact) mass is 497 g/mol. The molecule has 2 aromatic carbocycles. The number of anilines is 1. The van der Waals surface area contributed by atoms with E-state index in [4.69, 9.17) is 15.7 Å². The zero-order chi connectivity index (χ0) is 25.8. The summed E-state index contributed by atoms with van der Waals surface area (Å²) in [5.41, 5.74) is 8.92. The summed E-state index contributed by atoms with van der Waals surface area (Å²) in [6, 6.07) is 14.3. The Morgan fingerprint density at radius 1 is 1.03 bits per heavy atom. The van der Waals surface area contributed by atoms with Gasteiger partial charge in [0, 0.05) is 43.5 Å². The van der Waals surface area contributed by atoms with Crippen LogP contribution in [0.3, 0.4) is 0 Å². The molecule has 9 nitrogen and oxygen atoms in total. The number of hydrogen-bond acceptors (Lipinski definition) is 6. The van der Waals surface area contributed by atoms with E-state index in [9.17, 15) is 9.59 Å². The summed E-state index contributed by atoms with van der Waals surface area (Å²) >= 11 is 0. The fraction of sp³-hybridized carbons (Fsp3) is 0.357. The molecule has 2 N–H and O–H groups in total. The van der Waals surface area contributed by atoms with E-state index in [2.05, 4.69) is 29.2 Å². The topological polar surface area (TPSA) is 104 Å². The molecule has 37 heavy (non-hydrogen) atoms. The highest BCUT2D eigenvalue weighted by molar-refractivity contribution is 6.06. The predicted octanol–water partition coefficient (Wildman–Crippen LogP) is 2.90. The Labute approximate surface area is 213 Å². The molecule has 0 amide bonds. The molecule has 0 bridgehead atoms. The molecule has 0 saturated carbocycles. The third-order valence-electron chi connectivity index (χ3n) is 7.51. The summed E-state index contributed by atoms with van der Waals surface area (Å²) in [6.45, 7) is 6.16. The number of fused-ring (bicyclic) bond motifs is 4. The van der Waals surface area contributed by atoms with Gasteiger partial charge in [0.1, 0.15) is 0 Å². The van der Waals surface area contributed by atoms with Gasteiger partial charge >= 0.3 is 5.69 Å². The lowest BCUT2D eigenvalue weighted by Gasteiger charge is -2.31. The molecule has 3 aromatic heterocycles. The van der Waals surface area contributed by atoms with E-state index in [1.807, 2.05) is 36.6 Å².